The van der Waals surface area contributed by atoms with Crippen molar-refractivity contribution in [2.75, 3.05) is 0 Å². The summed E-state index contributed by atoms with van der Waals surface area (Å²) in [4.78, 5) is 9.06. The number of hydrogen-bond acceptors (Lipinski definition) is 2. The van der Waals surface area contributed by atoms with Crippen LogP contribution in [0.5, 0.6) is 0 Å². The summed E-state index contributed by atoms with van der Waals surface area (Å²) in [7, 11) is 0.0833. The fourth-order valence-corrected chi connectivity index (χ4v) is 0. The van der Waals surface area contributed by atoms with E-state index in [2.05, 4.69) is 0 Å². The lowest BCUT2D eigenvalue weighted by Gasteiger charge is -1.68. The molecule has 0 spiro atoms. The lowest BCUT2D eigenvalue weighted by molar-refractivity contribution is 0.217. The highest BCUT2D eigenvalue weighted by molar-refractivity contribution is 6.65. The predicted octanol–water partition coefficient (Wildman–Crippen LogP) is -0.724. The van der Waals surface area contributed by atoms with E-state index in [9.17, 15) is 0 Å². The summed E-state index contributed by atoms with van der Waals surface area (Å²) < 4.78 is 0. The van der Waals surface area contributed by atoms with Gasteiger partial charge in [-0.2, -0.15) is 0 Å². The Kier molecular flexibility index (Phi) is 1.60. The molecule has 0 fully saturated rings. The van der Waals surface area contributed by atoms with E-state index >= 15 is 0 Å². The van der Waals surface area contributed by atoms with Crippen LogP contribution in [0, 0.1) is 0 Å². The lowest BCUT2D eigenvalue weighted by atomic mass is 10.1. The molecule has 0 aliphatic rings. The largest absolute Gasteiger partial charge is 0.487 e. The van der Waals surface area contributed by atoms with Gasteiger partial charge in [0, 0.05) is 0 Å². The molecule has 0 aliphatic heterocycles. The monoisotopic (exact) mass is 73.0 g/mol. The highest BCUT2D eigenvalue weighted by Crippen LogP contribution is 1.51. The van der Waals surface area contributed by atoms with Gasteiger partial charge in [-0.1, -0.05) is 0 Å². The van der Waals surface area contributed by atoms with Crippen LogP contribution in [-0.4, -0.2) is 23.5 Å². The smallest absolute Gasteiger partial charge is 0.432 e. The van der Waals surface area contributed by atoms with Crippen molar-refractivity contribution in [1.29, 1.82) is 0 Å². The van der Waals surface area contributed by atoms with Crippen molar-refractivity contribution >= 4 is 13.4 Å². The van der Waals surface area contributed by atoms with E-state index in [1.807, 2.05) is 0 Å². The van der Waals surface area contributed by atoms with Crippen molar-refractivity contribution in [3.63, 3.8) is 0 Å². The first-order valence-electron chi connectivity index (χ1n) is 0.975. The molecule has 0 heterocycles. The van der Waals surface area contributed by atoms with Gasteiger partial charge >= 0.3 is 7.48 Å². The summed E-state index contributed by atoms with van der Waals surface area (Å²) in [6, 6.07) is 0. The predicted molar refractivity (Wildman–Crippen MR) is 16.0 cm³/mol. The second-order valence-corrected chi connectivity index (χ2v) is 0.467. The van der Waals surface area contributed by atoms with Gasteiger partial charge in [-0.25, -0.2) is 0 Å². The molecule has 0 aromatic carbocycles. The summed E-state index contributed by atoms with van der Waals surface area (Å²) in [6.45, 7) is 0. The molecular formula is CH2BO3. The Morgan fingerprint density at radius 3 is 2.00 bits per heavy atom. The minimum absolute atomic E-state index is 0.0833. The standard InChI is InChI=1S/CH2BO3/c3-1(4)2-5/h5H,(H,3,4). The third-order valence-electron chi connectivity index (χ3n) is 0.110. The van der Waals surface area contributed by atoms with Crippen LogP contribution in [-0.2, 0) is 0 Å². The Morgan fingerprint density at radius 2 is 2.00 bits per heavy atom. The van der Waals surface area contributed by atoms with Crippen LogP contribution < -0.4 is 0 Å². The summed E-state index contributed by atoms with van der Waals surface area (Å²) in [6.07, 6.45) is 0. The lowest BCUT2D eigenvalue weighted by Crippen LogP contribution is -2.01. The van der Waals surface area contributed by atoms with Gasteiger partial charge in [0.2, 0.25) is 0 Å². The van der Waals surface area contributed by atoms with Crippen LogP contribution in [0.3, 0.4) is 0 Å². The molecule has 3 nitrogen and oxygen atoms in total. The molecule has 27 valence electrons. The van der Waals surface area contributed by atoms with Gasteiger partial charge < -0.3 is 10.1 Å². The molecule has 0 aromatic heterocycles. The molecule has 4 heteroatoms. The molecule has 0 unspecified atom stereocenters. The molecule has 0 atom stereocenters. The maximum atomic E-state index is 9.06. The number of carboxylic acid groups (broad SMARTS) is 1. The normalized spacial score (nSPS) is 6.60. The first-order chi connectivity index (χ1) is 2.27. The van der Waals surface area contributed by atoms with Crippen molar-refractivity contribution in [2.24, 2.45) is 0 Å². The van der Waals surface area contributed by atoms with Crippen molar-refractivity contribution in [3.05, 3.63) is 0 Å². The van der Waals surface area contributed by atoms with Gasteiger partial charge in [0.05, 0.1) is 0 Å². The number of hydrogen-bond donors (Lipinski definition) is 2. The molecule has 1 radical (unpaired) electrons. The van der Waals surface area contributed by atoms with Crippen molar-refractivity contribution in [2.45, 2.75) is 0 Å². The first-order valence-corrected chi connectivity index (χ1v) is 0.975. The third kappa shape index (κ3) is 3.49. The fourth-order valence-electron chi connectivity index (χ4n) is 0. The molecule has 0 aliphatic carbocycles. The SMILES string of the molecule is O=C(O)[B]O. The average Bonchev–Trinajstić information content (AvgIpc) is 1.38. The Bertz CT molecular complexity index is 42.2. The molecule has 0 rings (SSSR count). The highest BCUT2D eigenvalue weighted by atomic mass is 16.4. The second kappa shape index (κ2) is 1.78. The van der Waals surface area contributed by atoms with Gasteiger partial charge in [-0.15, -0.1) is 0 Å². The first kappa shape index (κ1) is 4.49. The highest BCUT2D eigenvalue weighted by Gasteiger charge is 1.90. The van der Waals surface area contributed by atoms with Crippen LogP contribution in [0.1, 0.15) is 0 Å². The molecule has 0 aromatic rings. The van der Waals surface area contributed by atoms with Crippen LogP contribution in [0.15, 0.2) is 0 Å². The van der Waals surface area contributed by atoms with E-state index in [-0.39, 0.29) is 7.48 Å². The Balaban J connectivity index is 2.85. The van der Waals surface area contributed by atoms with Gasteiger partial charge in [-0.3, -0.25) is 4.79 Å². The zero-order valence-electron chi connectivity index (χ0n) is 2.38. The van der Waals surface area contributed by atoms with Crippen LogP contribution >= 0.6 is 0 Å². The molecule has 0 amide bonds. The average molecular weight is 72.8 g/mol. The van der Waals surface area contributed by atoms with Gasteiger partial charge in [0.15, 0.2) is 0 Å². The summed E-state index contributed by atoms with van der Waals surface area (Å²) in [5.41, 5.74) is 0. The molecular weight excluding hydrogens is 70.8 g/mol. The van der Waals surface area contributed by atoms with E-state index in [0.717, 1.165) is 0 Å². The van der Waals surface area contributed by atoms with E-state index in [1.54, 1.807) is 0 Å². The maximum absolute atomic E-state index is 9.06. The van der Waals surface area contributed by atoms with Crippen LogP contribution in [0.2, 0.25) is 0 Å². The zero-order chi connectivity index (χ0) is 4.28. The molecule has 2 N–H and O–H groups in total. The zero-order valence-corrected chi connectivity index (χ0v) is 2.38. The van der Waals surface area contributed by atoms with E-state index in [0.29, 0.717) is 0 Å². The maximum Gasteiger partial charge on any atom is 0.432 e. The van der Waals surface area contributed by atoms with E-state index in [1.165, 1.54) is 0 Å². The van der Waals surface area contributed by atoms with Gasteiger partial charge in [0.1, 0.15) is 0 Å². The molecule has 0 saturated heterocycles. The van der Waals surface area contributed by atoms with E-state index in [4.69, 9.17) is 14.9 Å². The quantitative estimate of drug-likeness (QED) is 0.402. The molecule has 0 bridgehead atoms. The number of carbonyl (C=O) groups is 1. The topological polar surface area (TPSA) is 57.5 Å². The van der Waals surface area contributed by atoms with Gasteiger partial charge in [0.25, 0.3) is 5.87 Å². The second-order valence-electron chi connectivity index (χ2n) is 0.467. The minimum Gasteiger partial charge on any atom is -0.487 e. The van der Waals surface area contributed by atoms with Crippen molar-refractivity contribution < 1.29 is 14.9 Å². The summed E-state index contributed by atoms with van der Waals surface area (Å²) in [5, 5.41) is 14.8. The van der Waals surface area contributed by atoms with Gasteiger partial charge in [-0.05, 0) is 0 Å². The third-order valence-corrected chi connectivity index (χ3v) is 0.110. The van der Waals surface area contributed by atoms with Crippen LogP contribution in [0.25, 0.3) is 0 Å². The number of rotatable bonds is 1. The summed E-state index contributed by atoms with van der Waals surface area (Å²) >= 11 is 0. The minimum atomic E-state index is -1.31. The molecule has 0 saturated carbocycles. The Labute approximate surface area is 29.5 Å². The Morgan fingerprint density at radius 1 is 1.80 bits per heavy atom. The fraction of sp³-hybridized carbons (Fsp3) is 0. The summed E-state index contributed by atoms with van der Waals surface area (Å²) in [5.74, 6) is -1.31. The van der Waals surface area contributed by atoms with Crippen LogP contribution in [0.4, 0.5) is 4.79 Å². The van der Waals surface area contributed by atoms with Crippen molar-refractivity contribution in [3.8, 4) is 0 Å². The molecule has 5 heavy (non-hydrogen) atoms. The van der Waals surface area contributed by atoms with Crippen molar-refractivity contribution in [1.82, 2.24) is 0 Å². The van der Waals surface area contributed by atoms with E-state index < -0.39 is 5.87 Å². The Hall–Kier alpha value is -0.505.